The predicted octanol–water partition coefficient (Wildman–Crippen LogP) is 3.04. The lowest BCUT2D eigenvalue weighted by atomic mass is 9.97. The average molecular weight is 648 g/mol. The fraction of sp³-hybridized carbons (Fsp3) is 0.500. The molecule has 7 atom stereocenters. The van der Waals surface area contributed by atoms with Crippen molar-refractivity contribution in [2.75, 3.05) is 20.7 Å². The molecule has 11 heteroatoms. The van der Waals surface area contributed by atoms with Crippen molar-refractivity contribution in [2.24, 2.45) is 11.8 Å². The minimum Gasteiger partial charge on any atom is -0.496 e. The third-order valence-corrected chi connectivity index (χ3v) is 9.37. The highest BCUT2D eigenvalue weighted by Crippen LogP contribution is 2.30. The number of likely N-dealkylation sites (N-methyl/N-ethyl adjacent to an activating group) is 1. The number of benzene rings is 2. The number of hydrogen-bond donors (Lipinski definition) is 4. The van der Waals surface area contributed by atoms with E-state index in [1.165, 1.54) is 11.1 Å². The number of carbonyl (C=O) groups is 4. The summed E-state index contributed by atoms with van der Waals surface area (Å²) in [6, 6.07) is 11.4. The summed E-state index contributed by atoms with van der Waals surface area (Å²) in [6.07, 6.45) is 4.56. The largest absolute Gasteiger partial charge is 0.496 e. The minimum absolute atomic E-state index is 0.0331. The molecule has 2 aromatic rings. The molecule has 2 aliphatic rings. The van der Waals surface area contributed by atoms with Crippen LogP contribution in [0.1, 0.15) is 58.1 Å². The SMILES string of the molecule is CC[C@H](C)[C@H](NC)C(=O)N[C@@H](Cc1ccccc1)C(=O)N1CC[C@@H]2Oc3ccc(OC)c(c3)C=CNC(=O)[C@H]([C@@H](C)CC)NC(=O)[C@H]21. The number of rotatable bonds is 11. The zero-order valence-electron chi connectivity index (χ0n) is 28.2. The molecule has 11 nitrogen and oxygen atoms in total. The van der Waals surface area contributed by atoms with Gasteiger partial charge in [0.15, 0.2) is 0 Å². The second-order valence-corrected chi connectivity index (χ2v) is 12.4. The summed E-state index contributed by atoms with van der Waals surface area (Å²) >= 11 is 0. The molecule has 0 aromatic heterocycles. The van der Waals surface area contributed by atoms with Gasteiger partial charge in [-0.3, -0.25) is 19.2 Å². The van der Waals surface area contributed by atoms with Crippen molar-refractivity contribution >= 4 is 29.7 Å². The van der Waals surface area contributed by atoms with Crippen molar-refractivity contribution in [3.63, 3.8) is 0 Å². The third-order valence-electron chi connectivity index (χ3n) is 9.37. The smallest absolute Gasteiger partial charge is 0.247 e. The van der Waals surface area contributed by atoms with Gasteiger partial charge in [-0.2, -0.15) is 0 Å². The maximum atomic E-state index is 14.5. The van der Waals surface area contributed by atoms with Gasteiger partial charge in [-0.15, -0.1) is 0 Å². The predicted molar refractivity (Wildman–Crippen MR) is 180 cm³/mol. The number of nitrogens with one attached hydrogen (secondary N) is 4. The summed E-state index contributed by atoms with van der Waals surface area (Å²) < 4.78 is 11.9. The van der Waals surface area contributed by atoms with Crippen LogP contribution in [0.4, 0.5) is 0 Å². The summed E-state index contributed by atoms with van der Waals surface area (Å²) in [4.78, 5) is 57.1. The number of nitrogens with zero attached hydrogens (tertiary/aromatic N) is 1. The summed E-state index contributed by atoms with van der Waals surface area (Å²) in [5.41, 5.74) is 1.55. The molecule has 47 heavy (non-hydrogen) atoms. The lowest BCUT2D eigenvalue weighted by Crippen LogP contribution is -2.61. The molecule has 0 aliphatic carbocycles. The van der Waals surface area contributed by atoms with Crippen LogP contribution in [0, 0.1) is 11.8 Å². The number of amides is 4. The highest BCUT2D eigenvalue weighted by Gasteiger charge is 2.46. The Kier molecular flexibility index (Phi) is 12.4. The maximum Gasteiger partial charge on any atom is 0.247 e. The van der Waals surface area contributed by atoms with Crippen molar-refractivity contribution in [1.29, 1.82) is 0 Å². The highest BCUT2D eigenvalue weighted by atomic mass is 16.5. The topological polar surface area (TPSA) is 138 Å². The number of hydrogen-bond acceptors (Lipinski definition) is 7. The van der Waals surface area contributed by atoms with Crippen LogP contribution in [0.2, 0.25) is 0 Å². The molecule has 2 aliphatic heterocycles. The lowest BCUT2D eigenvalue weighted by molar-refractivity contribution is -0.144. The van der Waals surface area contributed by atoms with Gasteiger partial charge in [0, 0.05) is 31.1 Å². The molecule has 254 valence electrons. The van der Waals surface area contributed by atoms with Crippen molar-refractivity contribution in [2.45, 2.75) is 83.6 Å². The van der Waals surface area contributed by atoms with Crippen molar-refractivity contribution < 1.29 is 28.7 Å². The van der Waals surface area contributed by atoms with E-state index < -0.39 is 42.1 Å². The number of fused-ring (bicyclic) bond motifs is 3. The van der Waals surface area contributed by atoms with Crippen molar-refractivity contribution in [3.05, 3.63) is 65.9 Å². The first-order valence-corrected chi connectivity index (χ1v) is 16.6. The number of ether oxygens (including phenoxy) is 2. The molecule has 0 radical (unpaired) electrons. The maximum absolute atomic E-state index is 14.5. The zero-order valence-corrected chi connectivity index (χ0v) is 28.2. The summed E-state index contributed by atoms with van der Waals surface area (Å²) in [5.74, 6) is -0.617. The van der Waals surface area contributed by atoms with Gasteiger partial charge in [0.25, 0.3) is 0 Å². The van der Waals surface area contributed by atoms with Gasteiger partial charge in [-0.25, -0.2) is 0 Å². The van der Waals surface area contributed by atoms with Crippen LogP contribution < -0.4 is 30.7 Å². The molecule has 4 amide bonds. The van der Waals surface area contributed by atoms with E-state index in [0.717, 1.165) is 12.0 Å². The number of methoxy groups -OCH3 is 1. The molecule has 2 heterocycles. The minimum atomic E-state index is -1.05. The molecule has 4 N–H and O–H groups in total. The van der Waals surface area contributed by atoms with Crippen LogP contribution in [-0.4, -0.2) is 79.5 Å². The van der Waals surface area contributed by atoms with Crippen LogP contribution in [0.15, 0.2) is 54.7 Å². The first-order chi connectivity index (χ1) is 22.6. The van der Waals surface area contributed by atoms with Gasteiger partial charge in [-0.05, 0) is 48.7 Å². The van der Waals surface area contributed by atoms with E-state index in [0.29, 0.717) is 29.9 Å². The van der Waals surface area contributed by atoms with Gasteiger partial charge in [0.05, 0.1) is 13.2 Å². The molecular formula is C36H49N5O6. The normalized spacial score (nSPS) is 22.1. The lowest BCUT2D eigenvalue weighted by Gasteiger charge is -2.33. The van der Waals surface area contributed by atoms with Crippen LogP contribution in [-0.2, 0) is 25.6 Å². The Morgan fingerprint density at radius 3 is 2.47 bits per heavy atom. The average Bonchev–Trinajstić information content (AvgIpc) is 3.50. The fourth-order valence-corrected chi connectivity index (χ4v) is 6.20. The first-order valence-electron chi connectivity index (χ1n) is 16.6. The van der Waals surface area contributed by atoms with Gasteiger partial charge >= 0.3 is 0 Å². The van der Waals surface area contributed by atoms with Gasteiger partial charge < -0.3 is 35.6 Å². The van der Waals surface area contributed by atoms with E-state index in [1.807, 2.05) is 58.0 Å². The molecule has 4 rings (SSSR count). The molecule has 2 bridgehead atoms. The Hall–Kier alpha value is -4.38. The van der Waals surface area contributed by atoms with E-state index in [9.17, 15) is 19.2 Å². The number of carbonyl (C=O) groups excluding carboxylic acids is 4. The van der Waals surface area contributed by atoms with Gasteiger partial charge in [0.1, 0.15) is 35.7 Å². The van der Waals surface area contributed by atoms with E-state index in [-0.39, 0.29) is 36.6 Å². The quantitative estimate of drug-likeness (QED) is 0.294. The third kappa shape index (κ3) is 8.51. The Balaban J connectivity index is 1.72. The Labute approximate surface area is 277 Å². The molecule has 0 unspecified atom stereocenters. The van der Waals surface area contributed by atoms with Crippen LogP contribution in [0.5, 0.6) is 11.5 Å². The second kappa shape index (κ2) is 16.4. The van der Waals surface area contributed by atoms with Crippen LogP contribution in [0.3, 0.4) is 0 Å². The van der Waals surface area contributed by atoms with Gasteiger partial charge in [-0.1, -0.05) is 70.9 Å². The van der Waals surface area contributed by atoms with E-state index in [2.05, 4.69) is 21.3 Å². The van der Waals surface area contributed by atoms with Crippen molar-refractivity contribution in [3.8, 4) is 11.5 Å². The number of likely N-dealkylation sites (tertiary alicyclic amines) is 1. The molecule has 0 saturated carbocycles. The molecule has 1 fully saturated rings. The molecule has 1 saturated heterocycles. The molecule has 2 aromatic carbocycles. The second-order valence-electron chi connectivity index (χ2n) is 12.4. The van der Waals surface area contributed by atoms with Crippen molar-refractivity contribution in [1.82, 2.24) is 26.2 Å². The van der Waals surface area contributed by atoms with E-state index in [4.69, 9.17) is 9.47 Å². The highest BCUT2D eigenvalue weighted by molar-refractivity contribution is 5.96. The van der Waals surface area contributed by atoms with Gasteiger partial charge in [0.2, 0.25) is 23.6 Å². The standard InChI is InChI=1S/C36H49N5O6/c1-7-22(3)30(37-5)34(43)39-27(20-24-12-10-9-11-13-24)36(45)41-19-17-29-32(41)35(44)40-31(23(4)8-2)33(42)38-18-16-25-21-26(47-29)14-15-28(25)46-6/h9-16,18,21-23,27,29-32,37H,7-8,17,19-20H2,1-6H3,(H,38,42)(H,39,43)(H,40,44)/t22-,23-,27-,29-,30-,31-,32-/m0/s1. The molecule has 0 spiro atoms. The first kappa shape index (κ1) is 35.5. The summed E-state index contributed by atoms with van der Waals surface area (Å²) in [6.45, 7) is 8.07. The fourth-order valence-electron chi connectivity index (χ4n) is 6.20. The van der Waals surface area contributed by atoms with E-state index in [1.54, 1.807) is 38.4 Å². The summed E-state index contributed by atoms with van der Waals surface area (Å²) in [5, 5.41) is 11.8. The zero-order chi connectivity index (χ0) is 34.1. The van der Waals surface area contributed by atoms with Crippen LogP contribution >= 0.6 is 0 Å². The van der Waals surface area contributed by atoms with E-state index >= 15 is 0 Å². The Morgan fingerprint density at radius 1 is 1.06 bits per heavy atom. The Morgan fingerprint density at radius 2 is 1.81 bits per heavy atom. The monoisotopic (exact) mass is 647 g/mol. The summed E-state index contributed by atoms with van der Waals surface area (Å²) in [7, 11) is 3.29. The molecular weight excluding hydrogens is 598 g/mol. The van der Waals surface area contributed by atoms with Crippen LogP contribution in [0.25, 0.3) is 6.08 Å². The Bertz CT molecular complexity index is 1430.